The molecule has 0 spiro atoms. The summed E-state index contributed by atoms with van der Waals surface area (Å²) in [5.74, 6) is 0. The van der Waals surface area contributed by atoms with Crippen molar-refractivity contribution in [3.05, 3.63) is 109 Å². The topological polar surface area (TPSA) is 58.9 Å². The molecule has 0 amide bonds. The second-order valence-electron chi connectivity index (χ2n) is 7.12. The van der Waals surface area contributed by atoms with Crippen LogP contribution in [0.15, 0.2) is 91.8 Å². The van der Waals surface area contributed by atoms with Crippen LogP contribution in [0.2, 0.25) is 0 Å². The summed E-state index contributed by atoms with van der Waals surface area (Å²) in [6.45, 7) is 0.662. The molecule has 0 radical (unpaired) electrons. The lowest BCUT2D eigenvalue weighted by molar-refractivity contribution is 0.302. The number of hydrogen-bond donors (Lipinski definition) is 1. The smallest absolute Gasteiger partial charge is 0.170 e. The molecule has 1 saturated heterocycles. The lowest BCUT2D eigenvalue weighted by Gasteiger charge is -2.29. The van der Waals surface area contributed by atoms with Gasteiger partial charge in [-0.05, 0) is 60.2 Å². The fourth-order valence-corrected chi connectivity index (χ4v) is 4.27. The fraction of sp³-hybridized carbons (Fsp3) is 0.130. The zero-order valence-corrected chi connectivity index (χ0v) is 17.0. The van der Waals surface area contributed by atoms with Gasteiger partial charge in [0.25, 0.3) is 0 Å². The number of pyridine rings is 3. The molecule has 0 saturated carbocycles. The summed E-state index contributed by atoms with van der Waals surface area (Å²) in [5.41, 5.74) is 4.26. The highest BCUT2D eigenvalue weighted by atomic mass is 32.1. The van der Waals surface area contributed by atoms with Crippen LogP contribution < -0.4 is 5.32 Å². The van der Waals surface area contributed by atoms with Gasteiger partial charge in [-0.25, -0.2) is 0 Å². The quantitative estimate of drug-likeness (QED) is 0.503. The predicted molar refractivity (Wildman–Crippen MR) is 119 cm³/mol. The Labute approximate surface area is 180 Å². The molecule has 1 aliphatic heterocycles. The maximum Gasteiger partial charge on any atom is 0.170 e. The molecule has 0 aromatic carbocycles. The van der Waals surface area contributed by atoms with Crippen molar-refractivity contribution >= 4 is 17.3 Å². The van der Waals surface area contributed by atoms with Crippen molar-refractivity contribution in [3.8, 4) is 5.69 Å². The molecule has 1 fully saturated rings. The van der Waals surface area contributed by atoms with Crippen LogP contribution in [0.4, 0.5) is 0 Å². The largest absolute Gasteiger partial charge is 0.352 e. The first-order chi connectivity index (χ1) is 14.8. The summed E-state index contributed by atoms with van der Waals surface area (Å²) < 4.78 is 2.19. The summed E-state index contributed by atoms with van der Waals surface area (Å²) in [6, 6.07) is 18.1. The van der Waals surface area contributed by atoms with E-state index >= 15 is 0 Å². The number of nitrogens with one attached hydrogen (secondary N) is 1. The van der Waals surface area contributed by atoms with E-state index in [2.05, 4.69) is 54.1 Å². The minimum atomic E-state index is -0.0640. The van der Waals surface area contributed by atoms with Crippen LogP contribution in [0.25, 0.3) is 5.69 Å². The lowest BCUT2D eigenvalue weighted by atomic mass is 10.0. The molecule has 6 nitrogen and oxygen atoms in total. The van der Waals surface area contributed by atoms with E-state index in [0.29, 0.717) is 11.7 Å². The van der Waals surface area contributed by atoms with Crippen molar-refractivity contribution in [3.63, 3.8) is 0 Å². The molecular weight excluding hydrogens is 392 g/mol. The molecule has 148 valence electrons. The van der Waals surface area contributed by atoms with Crippen molar-refractivity contribution < 1.29 is 0 Å². The fourth-order valence-electron chi connectivity index (χ4n) is 3.96. The van der Waals surface area contributed by atoms with Crippen LogP contribution in [0.5, 0.6) is 0 Å². The van der Waals surface area contributed by atoms with Gasteiger partial charge in [-0.3, -0.25) is 15.0 Å². The van der Waals surface area contributed by atoms with Gasteiger partial charge in [-0.2, -0.15) is 0 Å². The first-order valence-corrected chi connectivity index (χ1v) is 10.2. The molecule has 2 atom stereocenters. The van der Waals surface area contributed by atoms with Crippen molar-refractivity contribution in [2.24, 2.45) is 0 Å². The van der Waals surface area contributed by atoms with E-state index in [9.17, 15) is 0 Å². The molecule has 30 heavy (non-hydrogen) atoms. The Morgan fingerprint density at radius 3 is 2.57 bits per heavy atom. The van der Waals surface area contributed by atoms with Crippen LogP contribution in [-0.2, 0) is 6.54 Å². The average Bonchev–Trinajstić information content (AvgIpc) is 3.40. The Bertz CT molecular complexity index is 1130. The third-order valence-electron chi connectivity index (χ3n) is 5.30. The molecule has 7 heteroatoms. The van der Waals surface area contributed by atoms with E-state index in [0.717, 1.165) is 22.6 Å². The molecule has 1 N–H and O–H groups in total. The average molecular weight is 413 g/mol. The summed E-state index contributed by atoms with van der Waals surface area (Å²) >= 11 is 5.78. The first-order valence-electron chi connectivity index (χ1n) is 9.76. The third-order valence-corrected chi connectivity index (χ3v) is 5.65. The molecule has 5 rings (SSSR count). The molecule has 5 heterocycles. The highest BCUT2D eigenvalue weighted by Gasteiger charge is 2.41. The van der Waals surface area contributed by atoms with Crippen LogP contribution in [0.3, 0.4) is 0 Å². The van der Waals surface area contributed by atoms with Gasteiger partial charge in [-0.1, -0.05) is 12.1 Å². The SMILES string of the molecule is S=C1N[C@@H](c2ccccn2)[C@H](c2cccn2-c2ccncc2)N1Cc1cccnc1. The maximum absolute atomic E-state index is 5.78. The van der Waals surface area contributed by atoms with E-state index in [1.54, 1.807) is 18.6 Å². The number of nitrogens with zero attached hydrogens (tertiary/aromatic N) is 5. The van der Waals surface area contributed by atoms with E-state index < -0.39 is 0 Å². The van der Waals surface area contributed by atoms with Crippen molar-refractivity contribution in [2.75, 3.05) is 0 Å². The predicted octanol–water partition coefficient (Wildman–Crippen LogP) is 3.84. The number of hydrogen-bond acceptors (Lipinski definition) is 4. The minimum Gasteiger partial charge on any atom is -0.352 e. The molecule has 4 aromatic rings. The summed E-state index contributed by atoms with van der Waals surface area (Å²) in [5, 5.41) is 4.22. The first kappa shape index (κ1) is 18.4. The Kier molecular flexibility index (Phi) is 4.94. The van der Waals surface area contributed by atoms with Gasteiger partial charge in [-0.15, -0.1) is 0 Å². The van der Waals surface area contributed by atoms with Gasteiger partial charge in [0.2, 0.25) is 0 Å². The standard InChI is InChI=1S/C23H20N6S/c30-23-27-21(19-6-1-2-11-26-19)22(29(23)16-17-5-3-10-25-15-17)20-7-4-14-28(20)18-8-12-24-13-9-18/h1-15,21-22H,16H2,(H,27,30)/t21-,22-/m0/s1. The van der Waals surface area contributed by atoms with E-state index in [1.807, 2.05) is 48.8 Å². The summed E-state index contributed by atoms with van der Waals surface area (Å²) in [4.78, 5) is 15.3. The van der Waals surface area contributed by atoms with Gasteiger partial charge in [0, 0.05) is 55.1 Å². The summed E-state index contributed by atoms with van der Waals surface area (Å²) in [7, 11) is 0. The van der Waals surface area contributed by atoms with Gasteiger partial charge in [0.05, 0.1) is 17.8 Å². The van der Waals surface area contributed by atoms with Crippen LogP contribution >= 0.6 is 12.2 Å². The molecule has 1 aliphatic rings. The number of aromatic nitrogens is 4. The maximum atomic E-state index is 5.78. The highest BCUT2D eigenvalue weighted by molar-refractivity contribution is 7.80. The Morgan fingerprint density at radius 1 is 0.900 bits per heavy atom. The van der Waals surface area contributed by atoms with Crippen molar-refractivity contribution in [1.82, 2.24) is 29.7 Å². The van der Waals surface area contributed by atoms with Crippen molar-refractivity contribution in [1.29, 1.82) is 0 Å². The Balaban J connectivity index is 1.60. The van der Waals surface area contributed by atoms with Gasteiger partial charge in [0.15, 0.2) is 5.11 Å². The van der Waals surface area contributed by atoms with Crippen LogP contribution in [-0.4, -0.2) is 29.5 Å². The second kappa shape index (κ2) is 8.04. The number of thiocarbonyl (C=S) groups is 1. The second-order valence-corrected chi connectivity index (χ2v) is 7.51. The Hall–Kier alpha value is -3.58. The van der Waals surface area contributed by atoms with Gasteiger partial charge < -0.3 is 14.8 Å². The van der Waals surface area contributed by atoms with Gasteiger partial charge >= 0.3 is 0 Å². The minimum absolute atomic E-state index is 0.0317. The normalized spacial score (nSPS) is 18.4. The van der Waals surface area contributed by atoms with E-state index in [1.165, 1.54) is 0 Å². The monoisotopic (exact) mass is 412 g/mol. The third kappa shape index (κ3) is 3.44. The van der Waals surface area contributed by atoms with E-state index in [4.69, 9.17) is 12.2 Å². The zero-order valence-electron chi connectivity index (χ0n) is 16.2. The molecule has 0 unspecified atom stereocenters. The highest BCUT2D eigenvalue weighted by Crippen LogP contribution is 2.40. The van der Waals surface area contributed by atoms with Gasteiger partial charge in [0.1, 0.15) is 0 Å². The number of rotatable bonds is 5. The van der Waals surface area contributed by atoms with Crippen LogP contribution in [0.1, 0.15) is 29.0 Å². The lowest BCUT2D eigenvalue weighted by Crippen LogP contribution is -2.30. The van der Waals surface area contributed by atoms with E-state index in [-0.39, 0.29) is 12.1 Å². The van der Waals surface area contributed by atoms with Crippen LogP contribution in [0, 0.1) is 0 Å². The summed E-state index contributed by atoms with van der Waals surface area (Å²) in [6.07, 6.45) is 11.2. The molecule has 0 bridgehead atoms. The Morgan fingerprint density at radius 2 is 1.80 bits per heavy atom. The molecule has 4 aromatic heterocycles. The zero-order chi connectivity index (χ0) is 20.3. The molecular formula is C23H20N6S. The molecule has 0 aliphatic carbocycles. The van der Waals surface area contributed by atoms with Crippen molar-refractivity contribution in [2.45, 2.75) is 18.6 Å².